The lowest BCUT2D eigenvalue weighted by Crippen LogP contribution is -2.02. The summed E-state index contributed by atoms with van der Waals surface area (Å²) < 4.78 is 26.1. The van der Waals surface area contributed by atoms with E-state index in [9.17, 15) is 13.9 Å². The van der Waals surface area contributed by atoms with Gasteiger partial charge in [-0.25, -0.2) is 8.78 Å². The van der Waals surface area contributed by atoms with E-state index in [4.69, 9.17) is 23.2 Å². The number of aromatic hydroxyl groups is 1. The summed E-state index contributed by atoms with van der Waals surface area (Å²) in [5.41, 5.74) is 0.671. The van der Waals surface area contributed by atoms with Crippen LogP contribution in [0.15, 0.2) is 30.3 Å². The van der Waals surface area contributed by atoms with E-state index in [0.29, 0.717) is 11.3 Å². The van der Waals surface area contributed by atoms with Crippen molar-refractivity contribution in [2.75, 3.05) is 5.32 Å². The molecule has 0 aromatic heterocycles. The highest BCUT2D eigenvalue weighted by Gasteiger charge is 2.10. The van der Waals surface area contributed by atoms with Crippen LogP contribution in [-0.2, 0) is 6.54 Å². The summed E-state index contributed by atoms with van der Waals surface area (Å²) in [5.74, 6) is -1.70. The predicted octanol–water partition coefficient (Wildman–Crippen LogP) is 4.59. The molecule has 0 heterocycles. The van der Waals surface area contributed by atoms with Crippen LogP contribution >= 0.6 is 23.2 Å². The van der Waals surface area contributed by atoms with Gasteiger partial charge in [0, 0.05) is 12.1 Å². The molecule has 0 amide bonds. The van der Waals surface area contributed by atoms with Crippen molar-refractivity contribution in [2.45, 2.75) is 6.54 Å². The molecule has 0 fully saturated rings. The van der Waals surface area contributed by atoms with E-state index in [-0.39, 0.29) is 16.6 Å². The number of anilines is 1. The van der Waals surface area contributed by atoms with Crippen LogP contribution < -0.4 is 5.32 Å². The fourth-order valence-corrected chi connectivity index (χ4v) is 2.19. The third-order valence-corrected chi connectivity index (χ3v) is 3.13. The van der Waals surface area contributed by atoms with Crippen molar-refractivity contribution in [1.29, 1.82) is 0 Å². The smallest absolute Gasteiger partial charge is 0.165 e. The lowest BCUT2D eigenvalue weighted by molar-refractivity contribution is 0.427. The average molecular weight is 304 g/mol. The Hall–Kier alpha value is -1.52. The van der Waals surface area contributed by atoms with Crippen LogP contribution in [0.25, 0.3) is 0 Å². The molecule has 2 aromatic carbocycles. The summed E-state index contributed by atoms with van der Waals surface area (Å²) in [6.07, 6.45) is 0. The predicted molar refractivity (Wildman–Crippen MR) is 71.8 cm³/mol. The number of benzene rings is 2. The normalized spacial score (nSPS) is 10.5. The van der Waals surface area contributed by atoms with Gasteiger partial charge in [-0.3, -0.25) is 0 Å². The summed E-state index contributed by atoms with van der Waals surface area (Å²) in [6.45, 7) is 0.106. The highest BCUT2D eigenvalue weighted by Crippen LogP contribution is 2.32. The maximum absolute atomic E-state index is 13.1. The van der Waals surface area contributed by atoms with E-state index in [1.165, 1.54) is 6.07 Å². The molecule has 0 aliphatic rings. The topological polar surface area (TPSA) is 32.3 Å². The van der Waals surface area contributed by atoms with Gasteiger partial charge >= 0.3 is 0 Å². The number of halogens is 4. The molecule has 0 saturated heterocycles. The largest absolute Gasteiger partial charge is 0.505 e. The molecule has 0 aliphatic heterocycles. The average Bonchev–Trinajstić information content (AvgIpc) is 2.33. The first-order valence-electron chi connectivity index (χ1n) is 5.34. The van der Waals surface area contributed by atoms with Crippen LogP contribution in [0.3, 0.4) is 0 Å². The third-order valence-electron chi connectivity index (χ3n) is 2.53. The first kappa shape index (κ1) is 13.9. The standard InChI is InChI=1S/C13H9Cl2F2NO/c14-9-4-8(16)5-10(15)12(9)18-6-7-2-1-3-11(17)13(7)19/h1-5,18-19H,6H2. The molecular formula is C13H9Cl2F2NO. The number of hydrogen-bond acceptors (Lipinski definition) is 2. The second kappa shape index (κ2) is 5.63. The molecule has 0 aliphatic carbocycles. The monoisotopic (exact) mass is 303 g/mol. The Morgan fingerprint density at radius 2 is 1.74 bits per heavy atom. The summed E-state index contributed by atoms with van der Waals surface area (Å²) in [7, 11) is 0. The van der Waals surface area contributed by atoms with Crippen molar-refractivity contribution in [3.63, 3.8) is 0 Å². The molecule has 2 N–H and O–H groups in total. The van der Waals surface area contributed by atoms with Gasteiger partial charge in [0.05, 0.1) is 15.7 Å². The van der Waals surface area contributed by atoms with Gasteiger partial charge in [0.15, 0.2) is 11.6 Å². The highest BCUT2D eigenvalue weighted by atomic mass is 35.5. The molecular weight excluding hydrogens is 295 g/mol. The molecule has 2 aromatic rings. The van der Waals surface area contributed by atoms with Gasteiger partial charge in [-0.15, -0.1) is 0 Å². The van der Waals surface area contributed by atoms with Crippen molar-refractivity contribution in [1.82, 2.24) is 0 Å². The minimum Gasteiger partial charge on any atom is -0.505 e. The molecule has 0 spiro atoms. The van der Waals surface area contributed by atoms with Crippen LogP contribution in [0.4, 0.5) is 14.5 Å². The van der Waals surface area contributed by atoms with E-state index in [2.05, 4.69) is 5.32 Å². The summed E-state index contributed by atoms with van der Waals surface area (Å²) >= 11 is 11.7. The first-order valence-corrected chi connectivity index (χ1v) is 6.09. The highest BCUT2D eigenvalue weighted by molar-refractivity contribution is 6.39. The maximum Gasteiger partial charge on any atom is 0.165 e. The lowest BCUT2D eigenvalue weighted by Gasteiger charge is -2.11. The zero-order valence-electron chi connectivity index (χ0n) is 9.55. The Labute approximate surface area is 118 Å². The maximum atomic E-state index is 13.1. The van der Waals surface area contributed by atoms with Crippen molar-refractivity contribution in [2.24, 2.45) is 0 Å². The van der Waals surface area contributed by atoms with Gasteiger partial charge in [-0.2, -0.15) is 0 Å². The Bertz CT molecular complexity index is 597. The molecule has 0 unspecified atom stereocenters. The molecule has 0 radical (unpaired) electrons. The van der Waals surface area contributed by atoms with Gasteiger partial charge in [0.25, 0.3) is 0 Å². The number of rotatable bonds is 3. The SMILES string of the molecule is Oc1c(F)cccc1CNc1c(Cl)cc(F)cc1Cl. The minimum atomic E-state index is -0.712. The fourth-order valence-electron chi connectivity index (χ4n) is 1.60. The van der Waals surface area contributed by atoms with E-state index in [0.717, 1.165) is 18.2 Å². The number of hydrogen-bond donors (Lipinski definition) is 2. The zero-order chi connectivity index (χ0) is 14.0. The fraction of sp³-hybridized carbons (Fsp3) is 0.0769. The van der Waals surface area contributed by atoms with Gasteiger partial charge < -0.3 is 10.4 Å². The van der Waals surface area contributed by atoms with E-state index >= 15 is 0 Å². The van der Waals surface area contributed by atoms with Crippen LogP contribution in [0.2, 0.25) is 10.0 Å². The van der Waals surface area contributed by atoms with E-state index < -0.39 is 17.4 Å². The van der Waals surface area contributed by atoms with Gasteiger partial charge in [-0.05, 0) is 18.2 Å². The number of phenolic OH excluding ortho intramolecular Hbond substituents is 1. The molecule has 0 saturated carbocycles. The quantitative estimate of drug-likeness (QED) is 0.869. The van der Waals surface area contributed by atoms with Crippen molar-refractivity contribution in [3.05, 3.63) is 57.6 Å². The summed E-state index contributed by atoms with van der Waals surface area (Å²) in [6, 6.07) is 6.40. The minimum absolute atomic E-state index is 0.106. The Kier molecular flexibility index (Phi) is 4.12. The van der Waals surface area contributed by atoms with Crippen molar-refractivity contribution >= 4 is 28.9 Å². The second-order valence-corrected chi connectivity index (χ2v) is 4.66. The summed E-state index contributed by atoms with van der Waals surface area (Å²) in [4.78, 5) is 0. The molecule has 6 heteroatoms. The van der Waals surface area contributed by atoms with Gasteiger partial charge in [0.2, 0.25) is 0 Å². The second-order valence-electron chi connectivity index (χ2n) is 3.85. The number of para-hydroxylation sites is 1. The van der Waals surface area contributed by atoms with Crippen LogP contribution in [0.1, 0.15) is 5.56 Å². The molecule has 100 valence electrons. The Morgan fingerprint density at radius 3 is 2.37 bits per heavy atom. The Morgan fingerprint density at radius 1 is 1.11 bits per heavy atom. The zero-order valence-corrected chi connectivity index (χ0v) is 11.1. The first-order chi connectivity index (χ1) is 8.99. The van der Waals surface area contributed by atoms with Gasteiger partial charge in [-0.1, -0.05) is 35.3 Å². The Balaban J connectivity index is 2.22. The molecule has 2 rings (SSSR count). The van der Waals surface area contributed by atoms with E-state index in [1.54, 1.807) is 6.07 Å². The third kappa shape index (κ3) is 3.08. The van der Waals surface area contributed by atoms with Crippen LogP contribution in [-0.4, -0.2) is 5.11 Å². The van der Waals surface area contributed by atoms with Crippen molar-refractivity contribution < 1.29 is 13.9 Å². The van der Waals surface area contributed by atoms with Crippen LogP contribution in [0.5, 0.6) is 5.75 Å². The molecule has 2 nitrogen and oxygen atoms in total. The molecule has 0 bridgehead atoms. The number of nitrogens with one attached hydrogen (secondary N) is 1. The summed E-state index contributed by atoms with van der Waals surface area (Å²) in [5, 5.41) is 12.6. The van der Waals surface area contributed by atoms with Crippen LogP contribution in [0, 0.1) is 11.6 Å². The molecule has 0 atom stereocenters. The van der Waals surface area contributed by atoms with Gasteiger partial charge in [0.1, 0.15) is 5.82 Å². The van der Waals surface area contributed by atoms with Crippen molar-refractivity contribution in [3.8, 4) is 5.75 Å². The lowest BCUT2D eigenvalue weighted by atomic mass is 10.2. The molecule has 19 heavy (non-hydrogen) atoms. The van der Waals surface area contributed by atoms with E-state index in [1.807, 2.05) is 0 Å². The number of phenols is 1.